The maximum absolute atomic E-state index is 11.7. The van der Waals surface area contributed by atoms with Crippen molar-refractivity contribution in [1.82, 2.24) is 0 Å². The van der Waals surface area contributed by atoms with Crippen molar-refractivity contribution in [2.45, 2.75) is 35.5 Å². The quantitative estimate of drug-likeness (QED) is 0.204. The second-order valence-corrected chi connectivity index (χ2v) is 9.17. The van der Waals surface area contributed by atoms with Gasteiger partial charge in [0, 0.05) is 14.4 Å². The van der Waals surface area contributed by atoms with Crippen molar-refractivity contribution < 1.29 is 23.8 Å². The van der Waals surface area contributed by atoms with Crippen molar-refractivity contribution in [2.75, 3.05) is 24.7 Å². The predicted octanol–water partition coefficient (Wildman–Crippen LogP) is 6.23. The Morgan fingerprint density at radius 3 is 1.57 bits per heavy atom. The molecule has 0 amide bonds. The minimum absolute atomic E-state index is 0.305. The van der Waals surface area contributed by atoms with Gasteiger partial charge in [-0.05, 0) is 61.5 Å². The maximum Gasteiger partial charge on any atom is 0.697 e. The van der Waals surface area contributed by atoms with Crippen molar-refractivity contribution >= 4 is 31.8 Å². The Morgan fingerprint density at radius 1 is 0.714 bits per heavy atom. The third kappa shape index (κ3) is 9.30. The number of rotatable bonds is 14. The molecule has 2 N–H and O–H groups in total. The van der Waals surface area contributed by atoms with E-state index in [-0.39, 0.29) is 0 Å². The molecule has 0 saturated heterocycles. The average Bonchev–Trinajstić information content (AvgIpc) is 2.70. The summed E-state index contributed by atoms with van der Waals surface area (Å²) in [5.41, 5.74) is 0. The number of aromatic hydroxyl groups is 2. The fourth-order valence-corrected chi connectivity index (χ4v) is 4.80. The smallest absolute Gasteiger partial charge is 0.507 e. The van der Waals surface area contributed by atoms with E-state index in [2.05, 4.69) is 0 Å². The lowest BCUT2D eigenvalue weighted by atomic mass is 10.3. The van der Waals surface area contributed by atoms with Crippen LogP contribution in [0.4, 0.5) is 0 Å². The van der Waals surface area contributed by atoms with E-state index in [0.29, 0.717) is 24.7 Å². The van der Waals surface area contributed by atoms with Crippen LogP contribution in [0.1, 0.15) is 25.7 Å². The molecule has 0 aliphatic heterocycles. The molecule has 2 aromatic rings. The summed E-state index contributed by atoms with van der Waals surface area (Å²) in [6, 6.07) is 14.5. The molecule has 2 aromatic carbocycles. The Labute approximate surface area is 175 Å². The van der Waals surface area contributed by atoms with Crippen LogP contribution in [0.15, 0.2) is 58.3 Å². The fourth-order valence-electron chi connectivity index (χ4n) is 2.25. The Bertz CT molecular complexity index is 670. The van der Waals surface area contributed by atoms with Crippen molar-refractivity contribution in [3.05, 3.63) is 48.5 Å². The van der Waals surface area contributed by atoms with Gasteiger partial charge < -0.3 is 10.2 Å². The molecule has 0 fully saturated rings. The van der Waals surface area contributed by atoms with Crippen LogP contribution in [-0.2, 0) is 13.6 Å². The van der Waals surface area contributed by atoms with Crippen LogP contribution in [-0.4, -0.2) is 34.9 Å². The first-order valence-electron chi connectivity index (χ1n) is 9.21. The van der Waals surface area contributed by atoms with Crippen LogP contribution in [0.3, 0.4) is 0 Å². The van der Waals surface area contributed by atoms with Crippen LogP contribution < -0.4 is 0 Å². The van der Waals surface area contributed by atoms with Gasteiger partial charge in [-0.1, -0.05) is 24.3 Å². The van der Waals surface area contributed by atoms with E-state index in [9.17, 15) is 14.8 Å². The van der Waals surface area contributed by atoms with Crippen LogP contribution >= 0.6 is 31.8 Å². The number of hydrogen-bond acceptors (Lipinski definition) is 7. The first-order valence-corrected chi connectivity index (χ1v) is 12.3. The number of thioether (sulfide) groups is 2. The number of hydrogen-bond donors (Lipinski definition) is 2. The minimum Gasteiger partial charge on any atom is -0.507 e. The Hall–Kier alpha value is -1.24. The molecule has 0 saturated carbocycles. The summed E-state index contributed by atoms with van der Waals surface area (Å²) < 4.78 is 22.1. The topological polar surface area (TPSA) is 76.0 Å². The highest BCUT2D eigenvalue weighted by molar-refractivity contribution is 7.99. The average molecular weight is 442 g/mol. The molecule has 0 spiro atoms. The number of phenolic OH excluding ortho intramolecular Hbond substituents is 2. The molecule has 0 bridgehead atoms. The number of unbranched alkanes of at least 4 members (excludes halogenated alkanes) is 2. The van der Waals surface area contributed by atoms with E-state index in [1.54, 1.807) is 47.8 Å². The first kappa shape index (κ1) is 23.0. The molecule has 0 aliphatic rings. The van der Waals surface area contributed by atoms with E-state index in [0.717, 1.165) is 47.0 Å². The summed E-state index contributed by atoms with van der Waals surface area (Å²) in [6.07, 6.45) is 3.40. The molecule has 2 rings (SSSR count). The monoisotopic (exact) mass is 441 g/mol. The third-order valence-electron chi connectivity index (χ3n) is 3.72. The SMILES string of the molecule is O=[P+](OCCCCSc1ccccc1O)OCCCCSc1ccccc1O. The molecular weight excluding hydrogens is 415 g/mol. The Morgan fingerprint density at radius 2 is 1.14 bits per heavy atom. The van der Waals surface area contributed by atoms with Crippen molar-refractivity contribution in [2.24, 2.45) is 0 Å². The Balaban J connectivity index is 1.42. The van der Waals surface area contributed by atoms with Gasteiger partial charge in [-0.3, -0.25) is 0 Å². The van der Waals surface area contributed by atoms with E-state index < -0.39 is 8.25 Å². The minimum atomic E-state index is -2.06. The summed E-state index contributed by atoms with van der Waals surface area (Å²) in [7, 11) is -2.06. The lowest BCUT2D eigenvalue weighted by molar-refractivity contribution is 0.221. The molecule has 28 heavy (non-hydrogen) atoms. The molecule has 0 aliphatic carbocycles. The van der Waals surface area contributed by atoms with Gasteiger partial charge in [0.25, 0.3) is 0 Å². The molecule has 0 aromatic heterocycles. The number of phenols is 2. The standard InChI is InChI=1S/C20H25O5PS2/c21-17-9-1-3-11-19(17)27-15-7-5-13-24-26(23)25-14-6-8-16-28-20-12-4-2-10-18(20)22/h1-4,9-12H,5-8,13-16H2,(H-,21,22)/p+1. The van der Waals surface area contributed by atoms with Crippen LogP contribution in [0.2, 0.25) is 0 Å². The van der Waals surface area contributed by atoms with Gasteiger partial charge in [-0.15, -0.1) is 32.6 Å². The molecule has 8 heteroatoms. The summed E-state index contributed by atoms with van der Waals surface area (Å²) in [6.45, 7) is 0.805. The van der Waals surface area contributed by atoms with Gasteiger partial charge in [0.2, 0.25) is 0 Å². The van der Waals surface area contributed by atoms with Crippen LogP contribution in [0.25, 0.3) is 0 Å². The van der Waals surface area contributed by atoms with E-state index in [4.69, 9.17) is 9.05 Å². The number of para-hydroxylation sites is 2. The largest absolute Gasteiger partial charge is 0.697 e. The van der Waals surface area contributed by atoms with E-state index in [1.165, 1.54) is 0 Å². The molecule has 0 radical (unpaired) electrons. The summed E-state index contributed by atoms with van der Waals surface area (Å²) in [5.74, 6) is 2.35. The highest BCUT2D eigenvalue weighted by Crippen LogP contribution is 2.30. The number of benzene rings is 2. The fraction of sp³-hybridized carbons (Fsp3) is 0.400. The molecule has 152 valence electrons. The van der Waals surface area contributed by atoms with Gasteiger partial charge in [0.05, 0.1) is 0 Å². The summed E-state index contributed by atoms with van der Waals surface area (Å²) >= 11 is 3.20. The van der Waals surface area contributed by atoms with Crippen molar-refractivity contribution in [1.29, 1.82) is 0 Å². The molecular formula is C20H26O5PS2+. The zero-order valence-electron chi connectivity index (χ0n) is 15.7. The van der Waals surface area contributed by atoms with Gasteiger partial charge in [-0.25, -0.2) is 0 Å². The van der Waals surface area contributed by atoms with Gasteiger partial charge >= 0.3 is 8.25 Å². The second kappa shape index (κ2) is 13.9. The zero-order valence-corrected chi connectivity index (χ0v) is 18.2. The second-order valence-electron chi connectivity index (χ2n) is 5.94. The van der Waals surface area contributed by atoms with Gasteiger partial charge in [-0.2, -0.15) is 0 Å². The summed E-state index contributed by atoms with van der Waals surface area (Å²) in [5, 5.41) is 19.4. The van der Waals surface area contributed by atoms with Crippen LogP contribution in [0, 0.1) is 0 Å². The normalized spacial score (nSPS) is 10.9. The Kier molecular flexibility index (Phi) is 11.4. The first-order chi connectivity index (χ1) is 13.7. The maximum atomic E-state index is 11.7. The van der Waals surface area contributed by atoms with Gasteiger partial charge in [0.15, 0.2) is 0 Å². The molecule has 0 unspecified atom stereocenters. The highest BCUT2D eigenvalue weighted by Gasteiger charge is 2.19. The zero-order chi connectivity index (χ0) is 20.0. The molecule has 0 heterocycles. The van der Waals surface area contributed by atoms with Crippen LogP contribution in [0.5, 0.6) is 11.5 Å². The lowest BCUT2D eigenvalue weighted by Crippen LogP contribution is -1.93. The highest BCUT2D eigenvalue weighted by atomic mass is 32.2. The predicted molar refractivity (Wildman–Crippen MR) is 116 cm³/mol. The molecule has 0 atom stereocenters. The lowest BCUT2D eigenvalue weighted by Gasteiger charge is -2.03. The summed E-state index contributed by atoms with van der Waals surface area (Å²) in [4.78, 5) is 1.75. The third-order valence-corrected chi connectivity index (χ3v) is 6.80. The molecule has 5 nitrogen and oxygen atoms in total. The van der Waals surface area contributed by atoms with E-state index >= 15 is 0 Å². The van der Waals surface area contributed by atoms with Gasteiger partial charge in [0.1, 0.15) is 24.7 Å². The van der Waals surface area contributed by atoms with Crippen molar-refractivity contribution in [3.63, 3.8) is 0 Å². The van der Waals surface area contributed by atoms with E-state index in [1.807, 2.05) is 24.3 Å². The van der Waals surface area contributed by atoms with Crippen molar-refractivity contribution in [3.8, 4) is 11.5 Å².